The number of rotatable bonds is 3. The Balaban J connectivity index is 3.34. The number of carbonyl (C=O) groups is 1. The second kappa shape index (κ2) is 4.32. The van der Waals surface area contributed by atoms with E-state index in [2.05, 4.69) is 5.32 Å². The Morgan fingerprint density at radius 2 is 2.33 bits per heavy atom. The zero-order valence-corrected chi connectivity index (χ0v) is 5.97. The third-order valence-electron chi connectivity index (χ3n) is 1.00. The fourth-order valence-corrected chi connectivity index (χ4v) is 0.365. The molecule has 1 N–H and O–H groups in total. The zero-order valence-electron chi connectivity index (χ0n) is 5.97. The molecule has 1 radical (unpaired) electrons. The Bertz CT molecular complexity index is 93.1. The molecule has 1 unspecified atom stereocenters. The first kappa shape index (κ1) is 8.43. The van der Waals surface area contributed by atoms with Crippen molar-refractivity contribution in [2.24, 2.45) is 0 Å². The predicted molar refractivity (Wildman–Crippen MR) is 34.8 cm³/mol. The van der Waals surface area contributed by atoms with Crippen molar-refractivity contribution in [2.75, 3.05) is 14.2 Å². The van der Waals surface area contributed by atoms with Crippen LogP contribution in [0.2, 0.25) is 0 Å². The maximum atomic E-state index is 10.5. The lowest BCUT2D eigenvalue weighted by atomic mass is 10.3. The summed E-state index contributed by atoms with van der Waals surface area (Å²) >= 11 is 0. The first-order valence-corrected chi connectivity index (χ1v) is 2.80. The first-order valence-electron chi connectivity index (χ1n) is 2.80. The molecule has 1 amide bonds. The average Bonchev–Trinajstić information content (AvgIpc) is 1.87. The van der Waals surface area contributed by atoms with E-state index in [0.717, 1.165) is 0 Å². The number of nitrogens with one attached hydrogen (secondary N) is 1. The van der Waals surface area contributed by atoms with Gasteiger partial charge in [-0.05, 0) is 6.92 Å². The van der Waals surface area contributed by atoms with Crippen LogP contribution in [0.25, 0.3) is 0 Å². The molecular weight excluding hydrogens is 118 g/mol. The molecule has 3 nitrogen and oxygen atoms in total. The van der Waals surface area contributed by atoms with Crippen LogP contribution in [-0.4, -0.2) is 26.2 Å². The van der Waals surface area contributed by atoms with Crippen LogP contribution in [0.1, 0.15) is 6.92 Å². The number of amides is 1. The molecule has 0 saturated heterocycles. The lowest BCUT2D eigenvalue weighted by Gasteiger charge is -2.05. The summed E-state index contributed by atoms with van der Waals surface area (Å²) < 4.78 is 4.81. The minimum absolute atomic E-state index is 0.107. The van der Waals surface area contributed by atoms with Gasteiger partial charge in [0, 0.05) is 14.2 Å². The van der Waals surface area contributed by atoms with Gasteiger partial charge in [-0.15, -0.1) is 0 Å². The second-order valence-corrected chi connectivity index (χ2v) is 1.72. The Morgan fingerprint density at radius 1 is 1.78 bits per heavy atom. The Kier molecular flexibility index (Phi) is 4.05. The van der Waals surface area contributed by atoms with Gasteiger partial charge in [-0.1, -0.05) is 0 Å². The molecule has 0 bridgehead atoms. The molecule has 0 aromatic rings. The highest BCUT2D eigenvalue weighted by atomic mass is 16.5. The van der Waals surface area contributed by atoms with Crippen molar-refractivity contribution in [3.63, 3.8) is 0 Å². The Labute approximate surface area is 55.4 Å². The summed E-state index contributed by atoms with van der Waals surface area (Å²) in [6, 6.07) is 0. The van der Waals surface area contributed by atoms with E-state index in [9.17, 15) is 4.79 Å². The monoisotopic (exact) mass is 130 g/mol. The lowest BCUT2D eigenvalue weighted by molar-refractivity contribution is -0.118. The van der Waals surface area contributed by atoms with Gasteiger partial charge in [-0.2, -0.15) is 0 Å². The molecule has 0 aromatic heterocycles. The number of methoxy groups -OCH3 is 1. The number of hydrogen-bond donors (Lipinski definition) is 1. The van der Waals surface area contributed by atoms with Crippen LogP contribution in [0.5, 0.6) is 0 Å². The lowest BCUT2D eigenvalue weighted by Crippen LogP contribution is -2.24. The summed E-state index contributed by atoms with van der Waals surface area (Å²) in [5.41, 5.74) is 0. The number of hydrogen-bond acceptors (Lipinski definition) is 2. The molecule has 0 rings (SSSR count). The Morgan fingerprint density at radius 3 is 2.67 bits per heavy atom. The van der Waals surface area contributed by atoms with Gasteiger partial charge in [-0.25, -0.2) is 0 Å². The average molecular weight is 130 g/mol. The van der Waals surface area contributed by atoms with Crippen LogP contribution >= 0.6 is 0 Å². The SMILES string of the molecule is CNC(=O)[CH]C(C)OC. The molecule has 3 heteroatoms. The topological polar surface area (TPSA) is 38.3 Å². The van der Waals surface area contributed by atoms with E-state index >= 15 is 0 Å². The summed E-state index contributed by atoms with van der Waals surface area (Å²) in [6.07, 6.45) is 1.37. The van der Waals surface area contributed by atoms with Gasteiger partial charge in [-0.3, -0.25) is 4.79 Å². The molecule has 0 fully saturated rings. The molecule has 0 aliphatic heterocycles. The highest BCUT2D eigenvalue weighted by Crippen LogP contribution is 1.91. The van der Waals surface area contributed by atoms with E-state index in [4.69, 9.17) is 4.74 Å². The fourth-order valence-electron chi connectivity index (χ4n) is 0.365. The van der Waals surface area contributed by atoms with Crippen molar-refractivity contribution in [2.45, 2.75) is 13.0 Å². The Hall–Kier alpha value is -0.570. The van der Waals surface area contributed by atoms with Gasteiger partial charge >= 0.3 is 0 Å². The van der Waals surface area contributed by atoms with E-state index in [1.165, 1.54) is 6.42 Å². The van der Waals surface area contributed by atoms with Crippen molar-refractivity contribution < 1.29 is 9.53 Å². The third-order valence-corrected chi connectivity index (χ3v) is 1.00. The van der Waals surface area contributed by atoms with Gasteiger partial charge in [0.2, 0.25) is 5.91 Å². The minimum Gasteiger partial charge on any atom is -0.381 e. The number of ether oxygens (including phenoxy) is 1. The molecule has 0 aromatic carbocycles. The van der Waals surface area contributed by atoms with E-state index in [0.29, 0.717) is 0 Å². The predicted octanol–water partition coefficient (Wildman–Crippen LogP) is -0.0284. The minimum atomic E-state index is -0.107. The molecule has 1 atom stereocenters. The van der Waals surface area contributed by atoms with Gasteiger partial charge in [0.25, 0.3) is 0 Å². The van der Waals surface area contributed by atoms with Crippen LogP contribution in [0, 0.1) is 6.42 Å². The van der Waals surface area contributed by atoms with Gasteiger partial charge in [0.1, 0.15) is 0 Å². The summed E-state index contributed by atoms with van der Waals surface area (Å²) in [5, 5.41) is 2.46. The normalized spacial score (nSPS) is 12.8. The van der Waals surface area contributed by atoms with Crippen molar-refractivity contribution in [3.05, 3.63) is 6.42 Å². The second-order valence-electron chi connectivity index (χ2n) is 1.72. The highest BCUT2D eigenvalue weighted by Gasteiger charge is 2.04. The molecule has 0 spiro atoms. The van der Waals surface area contributed by atoms with Crippen molar-refractivity contribution in [1.82, 2.24) is 5.32 Å². The molecule has 53 valence electrons. The molecule has 0 aliphatic carbocycles. The van der Waals surface area contributed by atoms with Crippen LogP contribution in [0.3, 0.4) is 0 Å². The smallest absolute Gasteiger partial charge is 0.226 e. The van der Waals surface area contributed by atoms with E-state index in [1.54, 1.807) is 21.1 Å². The van der Waals surface area contributed by atoms with E-state index in [-0.39, 0.29) is 12.0 Å². The standard InChI is InChI=1S/C6H12NO2/c1-5(9-3)4-6(8)7-2/h4-5H,1-3H3,(H,7,8). The summed E-state index contributed by atoms with van der Waals surface area (Å²) in [4.78, 5) is 10.5. The van der Waals surface area contributed by atoms with Crippen LogP contribution < -0.4 is 5.32 Å². The molecule has 0 aliphatic rings. The first-order chi connectivity index (χ1) is 4.20. The van der Waals surface area contributed by atoms with Crippen LogP contribution in [-0.2, 0) is 9.53 Å². The molecule has 0 saturated carbocycles. The van der Waals surface area contributed by atoms with Gasteiger partial charge in [0.05, 0.1) is 12.5 Å². The number of carbonyl (C=O) groups excluding carboxylic acids is 1. The van der Waals surface area contributed by atoms with Gasteiger partial charge in [0.15, 0.2) is 0 Å². The molecular formula is C6H12NO2. The maximum absolute atomic E-state index is 10.5. The summed E-state index contributed by atoms with van der Waals surface area (Å²) in [7, 11) is 3.14. The van der Waals surface area contributed by atoms with Crippen molar-refractivity contribution in [3.8, 4) is 0 Å². The quantitative estimate of drug-likeness (QED) is 0.582. The molecule has 0 heterocycles. The highest BCUT2D eigenvalue weighted by molar-refractivity contribution is 5.84. The van der Waals surface area contributed by atoms with Crippen LogP contribution in [0.15, 0.2) is 0 Å². The molecule has 9 heavy (non-hydrogen) atoms. The maximum Gasteiger partial charge on any atom is 0.226 e. The van der Waals surface area contributed by atoms with E-state index < -0.39 is 0 Å². The summed E-state index contributed by atoms with van der Waals surface area (Å²) in [5.74, 6) is -0.107. The fraction of sp³-hybridized carbons (Fsp3) is 0.667. The summed E-state index contributed by atoms with van der Waals surface area (Å²) in [6.45, 7) is 1.80. The van der Waals surface area contributed by atoms with Crippen molar-refractivity contribution in [1.29, 1.82) is 0 Å². The zero-order chi connectivity index (χ0) is 7.28. The van der Waals surface area contributed by atoms with E-state index in [1.807, 2.05) is 0 Å². The largest absolute Gasteiger partial charge is 0.381 e. The van der Waals surface area contributed by atoms with Gasteiger partial charge < -0.3 is 10.1 Å². The van der Waals surface area contributed by atoms with Crippen LogP contribution in [0.4, 0.5) is 0 Å². The van der Waals surface area contributed by atoms with Crippen molar-refractivity contribution >= 4 is 5.91 Å². The third kappa shape index (κ3) is 3.97.